The van der Waals surface area contributed by atoms with Gasteiger partial charge in [-0.05, 0) is 55.3 Å². The van der Waals surface area contributed by atoms with Gasteiger partial charge in [0.1, 0.15) is 5.75 Å². The third kappa shape index (κ3) is 5.12. The van der Waals surface area contributed by atoms with E-state index in [4.69, 9.17) is 22.1 Å². The average molecular weight is 471 g/mol. The summed E-state index contributed by atoms with van der Waals surface area (Å²) in [5, 5.41) is 3.42. The van der Waals surface area contributed by atoms with Crippen molar-refractivity contribution in [2.45, 2.75) is 31.8 Å². The van der Waals surface area contributed by atoms with Crippen LogP contribution in [0.25, 0.3) is 0 Å². The second kappa shape index (κ2) is 9.80. The molecular weight excluding hydrogens is 444 g/mol. The molecule has 2 aromatic carbocycles. The molecule has 174 valence electrons. The monoisotopic (exact) mass is 470 g/mol. The highest BCUT2D eigenvalue weighted by Crippen LogP contribution is 2.35. The molecule has 0 saturated carbocycles. The summed E-state index contributed by atoms with van der Waals surface area (Å²) in [4.78, 5) is 40.9. The first-order chi connectivity index (χ1) is 15.9. The molecule has 2 saturated heterocycles. The lowest BCUT2D eigenvalue weighted by Gasteiger charge is -2.22. The number of carbonyl (C=O) groups excluding carboxylic acids is 3. The summed E-state index contributed by atoms with van der Waals surface area (Å²) < 4.78 is 5.36. The van der Waals surface area contributed by atoms with Crippen molar-refractivity contribution < 1.29 is 19.1 Å². The van der Waals surface area contributed by atoms with Gasteiger partial charge in [0.15, 0.2) is 0 Å². The second-order valence-electron chi connectivity index (χ2n) is 8.44. The van der Waals surface area contributed by atoms with Gasteiger partial charge >= 0.3 is 0 Å². The number of ether oxygens (including phenoxy) is 1. The van der Waals surface area contributed by atoms with Crippen LogP contribution >= 0.6 is 11.6 Å². The normalized spacial score (nSPS) is 20.8. The maximum absolute atomic E-state index is 12.9. The zero-order valence-electron chi connectivity index (χ0n) is 18.4. The fourth-order valence-electron chi connectivity index (χ4n) is 4.55. The number of nitrogens with two attached hydrogens (primary N) is 1. The van der Waals surface area contributed by atoms with Gasteiger partial charge in [0, 0.05) is 30.2 Å². The van der Waals surface area contributed by atoms with E-state index in [-0.39, 0.29) is 36.7 Å². The maximum Gasteiger partial charge on any atom is 0.234 e. The number of hydrogen-bond donors (Lipinski definition) is 2. The molecular formula is C24H27ClN4O4. The minimum atomic E-state index is -0.498. The largest absolute Gasteiger partial charge is 0.495 e. The molecule has 2 unspecified atom stereocenters. The van der Waals surface area contributed by atoms with Crippen LogP contribution in [0.15, 0.2) is 42.5 Å². The molecule has 2 atom stereocenters. The van der Waals surface area contributed by atoms with Crippen LogP contribution in [-0.4, -0.2) is 48.9 Å². The molecule has 8 nitrogen and oxygen atoms in total. The Kier molecular flexibility index (Phi) is 6.85. The lowest BCUT2D eigenvalue weighted by molar-refractivity contribution is -0.122. The Labute approximate surface area is 197 Å². The highest BCUT2D eigenvalue weighted by molar-refractivity contribution is 6.31. The Morgan fingerprint density at radius 1 is 1.24 bits per heavy atom. The summed E-state index contributed by atoms with van der Waals surface area (Å²) in [6.07, 6.45) is 1.82. The van der Waals surface area contributed by atoms with Gasteiger partial charge in [-0.25, -0.2) is 0 Å². The maximum atomic E-state index is 12.9. The summed E-state index contributed by atoms with van der Waals surface area (Å²) in [5.41, 5.74) is 7.70. The first-order valence-electron chi connectivity index (χ1n) is 10.9. The van der Waals surface area contributed by atoms with Crippen LogP contribution in [0.4, 0.5) is 11.4 Å². The molecule has 0 aromatic heterocycles. The predicted octanol–water partition coefficient (Wildman–Crippen LogP) is 2.79. The lowest BCUT2D eigenvalue weighted by atomic mass is 10.1. The Morgan fingerprint density at radius 3 is 2.82 bits per heavy atom. The first-order valence-corrected chi connectivity index (χ1v) is 11.3. The number of nitrogens with one attached hydrogen (secondary N) is 1. The highest BCUT2D eigenvalue weighted by Gasteiger charge is 2.36. The van der Waals surface area contributed by atoms with Crippen molar-refractivity contribution in [2.75, 3.05) is 30.4 Å². The number of nitrogens with zero attached hydrogens (tertiary/aromatic N) is 2. The van der Waals surface area contributed by atoms with Gasteiger partial charge in [-0.2, -0.15) is 0 Å². The van der Waals surface area contributed by atoms with E-state index < -0.39 is 5.92 Å². The highest BCUT2D eigenvalue weighted by atomic mass is 35.5. The number of rotatable bonds is 7. The van der Waals surface area contributed by atoms with E-state index in [9.17, 15) is 14.4 Å². The Balaban J connectivity index is 1.42. The van der Waals surface area contributed by atoms with E-state index in [1.54, 1.807) is 23.1 Å². The lowest BCUT2D eigenvalue weighted by Crippen LogP contribution is -2.39. The number of halogens is 1. The molecule has 3 amide bonds. The van der Waals surface area contributed by atoms with Crippen LogP contribution in [-0.2, 0) is 20.9 Å². The number of methoxy groups -OCH3 is 1. The topological polar surface area (TPSA) is 105 Å². The van der Waals surface area contributed by atoms with Gasteiger partial charge in [-0.15, -0.1) is 0 Å². The predicted molar refractivity (Wildman–Crippen MR) is 126 cm³/mol. The van der Waals surface area contributed by atoms with E-state index in [0.717, 1.165) is 24.9 Å². The van der Waals surface area contributed by atoms with Crippen molar-refractivity contribution >= 4 is 40.7 Å². The van der Waals surface area contributed by atoms with Gasteiger partial charge in [0.05, 0.1) is 24.8 Å². The number of carbonyl (C=O) groups is 3. The molecule has 2 fully saturated rings. The van der Waals surface area contributed by atoms with Crippen molar-refractivity contribution in [3.8, 4) is 5.75 Å². The summed E-state index contributed by atoms with van der Waals surface area (Å²) in [6, 6.07) is 12.3. The minimum absolute atomic E-state index is 0.106. The first kappa shape index (κ1) is 23.1. The SMILES string of the molecule is COc1ccc(Cl)cc1N1CC(C(=O)Nc2cccc(CN3CCCC3C(N)=O)c2)CC1=O. The zero-order valence-corrected chi connectivity index (χ0v) is 19.2. The Hall–Kier alpha value is -3.10. The van der Waals surface area contributed by atoms with Crippen LogP contribution in [0, 0.1) is 5.92 Å². The summed E-state index contributed by atoms with van der Waals surface area (Å²) >= 11 is 6.11. The fourth-order valence-corrected chi connectivity index (χ4v) is 4.72. The molecule has 0 aliphatic carbocycles. The number of hydrogen-bond acceptors (Lipinski definition) is 5. The second-order valence-corrected chi connectivity index (χ2v) is 8.88. The van der Waals surface area contributed by atoms with Crippen LogP contribution < -0.4 is 20.7 Å². The van der Waals surface area contributed by atoms with Crippen molar-refractivity contribution in [3.05, 3.63) is 53.1 Å². The Morgan fingerprint density at radius 2 is 2.06 bits per heavy atom. The van der Waals surface area contributed by atoms with Crippen LogP contribution in [0.1, 0.15) is 24.8 Å². The molecule has 0 radical (unpaired) electrons. The molecule has 0 bridgehead atoms. The van der Waals surface area contributed by atoms with Crippen molar-refractivity contribution in [3.63, 3.8) is 0 Å². The van der Waals surface area contributed by atoms with Gasteiger partial charge in [-0.1, -0.05) is 23.7 Å². The summed E-state index contributed by atoms with van der Waals surface area (Å²) in [5.74, 6) is -0.653. The number of anilines is 2. The zero-order chi connectivity index (χ0) is 23.5. The van der Waals surface area contributed by atoms with Gasteiger partial charge in [0.2, 0.25) is 17.7 Å². The van der Waals surface area contributed by atoms with Crippen molar-refractivity contribution in [1.82, 2.24) is 4.90 Å². The van der Waals surface area contributed by atoms with E-state index in [2.05, 4.69) is 10.2 Å². The van der Waals surface area contributed by atoms with E-state index in [1.807, 2.05) is 24.3 Å². The molecule has 2 aliphatic rings. The third-order valence-electron chi connectivity index (χ3n) is 6.20. The van der Waals surface area contributed by atoms with Gasteiger partial charge in [-0.3, -0.25) is 19.3 Å². The number of amides is 3. The molecule has 4 rings (SSSR count). The number of primary amides is 1. The van der Waals surface area contributed by atoms with Crippen molar-refractivity contribution in [2.24, 2.45) is 11.7 Å². The molecule has 2 aliphatic heterocycles. The molecule has 9 heteroatoms. The summed E-state index contributed by atoms with van der Waals surface area (Å²) in [6.45, 7) is 1.65. The van der Waals surface area contributed by atoms with E-state index in [0.29, 0.717) is 28.7 Å². The standard InChI is InChI=1S/C24H27ClN4O4/c1-33-21-8-7-17(25)12-20(21)29-14-16(11-22(29)30)24(32)27-18-5-2-4-15(10-18)13-28-9-3-6-19(28)23(26)31/h2,4-5,7-8,10,12,16,19H,3,6,9,11,13-14H2,1H3,(H2,26,31)(H,27,32). The minimum Gasteiger partial charge on any atom is -0.495 e. The molecule has 0 spiro atoms. The number of benzene rings is 2. The quantitative estimate of drug-likeness (QED) is 0.647. The van der Waals surface area contributed by atoms with Crippen molar-refractivity contribution in [1.29, 1.82) is 0 Å². The molecule has 2 heterocycles. The van der Waals surface area contributed by atoms with Gasteiger partial charge in [0.25, 0.3) is 0 Å². The summed E-state index contributed by atoms with van der Waals surface area (Å²) in [7, 11) is 1.53. The molecule has 33 heavy (non-hydrogen) atoms. The molecule has 2 aromatic rings. The average Bonchev–Trinajstić information content (AvgIpc) is 3.40. The molecule has 3 N–H and O–H groups in total. The Bertz CT molecular complexity index is 1080. The van der Waals surface area contributed by atoms with E-state index in [1.165, 1.54) is 7.11 Å². The van der Waals surface area contributed by atoms with Crippen LogP contribution in [0.3, 0.4) is 0 Å². The van der Waals surface area contributed by atoms with E-state index >= 15 is 0 Å². The fraction of sp³-hybridized carbons (Fsp3) is 0.375. The number of likely N-dealkylation sites (tertiary alicyclic amines) is 1. The third-order valence-corrected chi connectivity index (χ3v) is 6.43. The van der Waals surface area contributed by atoms with Gasteiger partial charge < -0.3 is 20.7 Å². The smallest absolute Gasteiger partial charge is 0.234 e. The van der Waals surface area contributed by atoms with Crippen LogP contribution in [0.5, 0.6) is 5.75 Å². The van der Waals surface area contributed by atoms with Crippen LogP contribution in [0.2, 0.25) is 5.02 Å².